The second-order valence-electron chi connectivity index (χ2n) is 6.53. The van der Waals surface area contributed by atoms with Crippen LogP contribution in [-0.2, 0) is 6.42 Å². The molecule has 3 aromatic heterocycles. The Labute approximate surface area is 171 Å². The molecule has 0 aliphatic rings. The highest BCUT2D eigenvalue weighted by Crippen LogP contribution is 2.33. The first-order chi connectivity index (χ1) is 13.7. The molecular formula is C21H21N3O2S2. The van der Waals surface area contributed by atoms with Crippen molar-refractivity contribution in [2.24, 2.45) is 0 Å². The maximum atomic E-state index is 12.7. The lowest BCUT2D eigenvalue weighted by Gasteiger charge is -2.13. The molecule has 1 atom stereocenters. The summed E-state index contributed by atoms with van der Waals surface area (Å²) in [5, 5.41) is 8.16. The average molecular weight is 412 g/mol. The van der Waals surface area contributed by atoms with E-state index in [9.17, 15) is 4.79 Å². The number of nitrogens with zero attached hydrogens (tertiary/aromatic N) is 1. The molecule has 0 saturated carbocycles. The molecule has 7 heteroatoms. The Balaban J connectivity index is 1.47. The van der Waals surface area contributed by atoms with E-state index in [1.807, 2.05) is 41.9 Å². The lowest BCUT2D eigenvalue weighted by Crippen LogP contribution is -2.25. The summed E-state index contributed by atoms with van der Waals surface area (Å²) in [7, 11) is 1.67. The predicted octanol–water partition coefficient (Wildman–Crippen LogP) is 4.62. The largest absolute Gasteiger partial charge is 0.497 e. The zero-order valence-corrected chi connectivity index (χ0v) is 17.3. The maximum Gasteiger partial charge on any atom is 0.260 e. The molecule has 0 aliphatic heterocycles. The number of thiophene rings is 2. The highest BCUT2D eigenvalue weighted by molar-refractivity contribution is 7.18. The van der Waals surface area contributed by atoms with Gasteiger partial charge in [0.25, 0.3) is 5.56 Å². The van der Waals surface area contributed by atoms with Gasteiger partial charge in [0.1, 0.15) is 16.4 Å². The number of rotatable bonds is 7. The third-order valence-corrected chi connectivity index (χ3v) is 6.46. The van der Waals surface area contributed by atoms with Crippen LogP contribution in [0.2, 0.25) is 0 Å². The number of benzene rings is 1. The van der Waals surface area contributed by atoms with E-state index < -0.39 is 0 Å². The Morgan fingerprint density at radius 1 is 1.21 bits per heavy atom. The van der Waals surface area contributed by atoms with E-state index in [1.165, 1.54) is 16.9 Å². The van der Waals surface area contributed by atoms with Crippen molar-refractivity contribution < 1.29 is 4.74 Å². The Morgan fingerprint density at radius 2 is 2.04 bits per heavy atom. The Morgan fingerprint density at radius 3 is 2.75 bits per heavy atom. The summed E-state index contributed by atoms with van der Waals surface area (Å²) >= 11 is 3.15. The van der Waals surface area contributed by atoms with Crippen LogP contribution >= 0.6 is 22.7 Å². The van der Waals surface area contributed by atoms with E-state index in [2.05, 4.69) is 22.4 Å². The standard InChI is InChI=1S/C21H21N3O2S2/c1-13(22-10-9-14-5-7-15(26-2)8-6-14)19-23-20(25)18-16(12-28-21(18)24-19)17-4-3-11-27-17/h3-8,11-13,22H,9-10H2,1-2H3,(H,23,24,25)/t13-/m1/s1. The SMILES string of the molecule is COc1ccc(CCN[C@H](C)c2nc3scc(-c4cccs4)c3c(=O)[nH]2)cc1. The van der Waals surface area contributed by atoms with Crippen LogP contribution in [0.3, 0.4) is 0 Å². The summed E-state index contributed by atoms with van der Waals surface area (Å²) in [4.78, 5) is 22.3. The Kier molecular flexibility index (Phi) is 5.57. The fraction of sp³-hybridized carbons (Fsp3) is 0.238. The van der Waals surface area contributed by atoms with Gasteiger partial charge >= 0.3 is 0 Å². The number of aromatic nitrogens is 2. The molecule has 0 spiro atoms. The second-order valence-corrected chi connectivity index (χ2v) is 8.34. The van der Waals surface area contributed by atoms with Crippen LogP contribution in [0, 0.1) is 0 Å². The number of ether oxygens (including phenoxy) is 1. The molecular weight excluding hydrogens is 390 g/mol. The van der Waals surface area contributed by atoms with Gasteiger partial charge in [-0.25, -0.2) is 4.98 Å². The molecule has 0 radical (unpaired) electrons. The first-order valence-corrected chi connectivity index (χ1v) is 10.8. The van der Waals surface area contributed by atoms with Gasteiger partial charge in [-0.05, 0) is 49.0 Å². The highest BCUT2D eigenvalue weighted by Gasteiger charge is 2.16. The third kappa shape index (κ3) is 3.87. The maximum absolute atomic E-state index is 12.7. The molecule has 0 aliphatic carbocycles. The normalized spacial score (nSPS) is 12.4. The van der Waals surface area contributed by atoms with Crippen LogP contribution in [0.15, 0.2) is 52.0 Å². The van der Waals surface area contributed by atoms with Crippen molar-refractivity contribution in [3.8, 4) is 16.2 Å². The van der Waals surface area contributed by atoms with Crippen LogP contribution in [-0.4, -0.2) is 23.6 Å². The van der Waals surface area contributed by atoms with Crippen molar-refractivity contribution in [1.82, 2.24) is 15.3 Å². The van der Waals surface area contributed by atoms with Crippen LogP contribution < -0.4 is 15.6 Å². The van der Waals surface area contributed by atoms with E-state index in [4.69, 9.17) is 9.72 Å². The minimum Gasteiger partial charge on any atom is -0.497 e. The third-order valence-electron chi connectivity index (χ3n) is 4.68. The van der Waals surface area contributed by atoms with E-state index in [-0.39, 0.29) is 11.6 Å². The molecule has 28 heavy (non-hydrogen) atoms. The fourth-order valence-corrected chi connectivity index (χ4v) is 4.88. The average Bonchev–Trinajstić information content (AvgIpc) is 3.38. The molecule has 144 valence electrons. The number of fused-ring (bicyclic) bond motifs is 1. The van der Waals surface area contributed by atoms with Crippen LogP contribution in [0.25, 0.3) is 20.7 Å². The first kappa shape index (κ1) is 18.9. The smallest absolute Gasteiger partial charge is 0.260 e. The quantitative estimate of drug-likeness (QED) is 0.466. The zero-order valence-electron chi connectivity index (χ0n) is 15.7. The summed E-state index contributed by atoms with van der Waals surface area (Å²) in [6.45, 7) is 2.81. The van der Waals surface area contributed by atoms with E-state index in [0.717, 1.165) is 34.0 Å². The molecule has 4 rings (SSSR count). The molecule has 0 unspecified atom stereocenters. The van der Waals surface area contributed by atoms with Crippen molar-refractivity contribution in [1.29, 1.82) is 0 Å². The number of aromatic amines is 1. The van der Waals surface area contributed by atoms with Gasteiger partial charge < -0.3 is 15.0 Å². The molecule has 0 amide bonds. The molecule has 2 N–H and O–H groups in total. The van der Waals surface area contributed by atoms with Gasteiger partial charge in [0, 0.05) is 15.8 Å². The monoisotopic (exact) mass is 411 g/mol. The molecule has 0 fully saturated rings. The zero-order chi connectivity index (χ0) is 19.5. The predicted molar refractivity (Wildman–Crippen MR) is 117 cm³/mol. The molecule has 0 saturated heterocycles. The van der Waals surface area contributed by atoms with Gasteiger partial charge in [0.15, 0.2) is 0 Å². The fourth-order valence-electron chi connectivity index (χ4n) is 3.11. The molecule has 0 bridgehead atoms. The molecule has 5 nitrogen and oxygen atoms in total. The number of hydrogen-bond acceptors (Lipinski definition) is 6. The topological polar surface area (TPSA) is 67.0 Å². The van der Waals surface area contributed by atoms with Gasteiger partial charge in [-0.2, -0.15) is 0 Å². The van der Waals surface area contributed by atoms with Crippen molar-refractivity contribution in [3.05, 3.63) is 68.9 Å². The minimum absolute atomic E-state index is 0.0392. The lowest BCUT2D eigenvalue weighted by atomic mass is 10.1. The van der Waals surface area contributed by atoms with Gasteiger partial charge in [-0.15, -0.1) is 22.7 Å². The van der Waals surface area contributed by atoms with Gasteiger partial charge in [-0.1, -0.05) is 18.2 Å². The van der Waals surface area contributed by atoms with Crippen molar-refractivity contribution in [3.63, 3.8) is 0 Å². The number of methoxy groups -OCH3 is 1. The Hall–Kier alpha value is -2.48. The van der Waals surface area contributed by atoms with E-state index in [1.54, 1.807) is 18.4 Å². The van der Waals surface area contributed by atoms with Crippen molar-refractivity contribution >= 4 is 32.9 Å². The van der Waals surface area contributed by atoms with Crippen LogP contribution in [0.4, 0.5) is 0 Å². The summed E-state index contributed by atoms with van der Waals surface area (Å²) in [5.41, 5.74) is 2.13. The van der Waals surface area contributed by atoms with Crippen LogP contribution in [0.5, 0.6) is 5.75 Å². The number of H-pyrrole nitrogens is 1. The van der Waals surface area contributed by atoms with Crippen molar-refractivity contribution in [2.45, 2.75) is 19.4 Å². The molecule has 1 aromatic carbocycles. The van der Waals surface area contributed by atoms with E-state index >= 15 is 0 Å². The lowest BCUT2D eigenvalue weighted by molar-refractivity contribution is 0.414. The van der Waals surface area contributed by atoms with Crippen molar-refractivity contribution in [2.75, 3.05) is 13.7 Å². The summed E-state index contributed by atoms with van der Waals surface area (Å²) in [5.74, 6) is 1.53. The summed E-state index contributed by atoms with van der Waals surface area (Å²) in [6.07, 6.45) is 0.891. The summed E-state index contributed by atoms with van der Waals surface area (Å²) in [6, 6.07) is 12.0. The first-order valence-electron chi connectivity index (χ1n) is 9.07. The highest BCUT2D eigenvalue weighted by atomic mass is 32.1. The second kappa shape index (κ2) is 8.26. The van der Waals surface area contributed by atoms with Gasteiger partial charge in [0.2, 0.25) is 0 Å². The number of hydrogen-bond donors (Lipinski definition) is 2. The minimum atomic E-state index is -0.0755. The van der Waals surface area contributed by atoms with Gasteiger partial charge in [0.05, 0.1) is 18.5 Å². The Bertz CT molecular complexity index is 1110. The number of nitrogens with one attached hydrogen (secondary N) is 2. The van der Waals surface area contributed by atoms with Crippen LogP contribution in [0.1, 0.15) is 24.4 Å². The summed E-state index contributed by atoms with van der Waals surface area (Å²) < 4.78 is 5.19. The van der Waals surface area contributed by atoms with Gasteiger partial charge in [-0.3, -0.25) is 4.79 Å². The molecule has 4 aromatic rings. The molecule has 3 heterocycles. The van der Waals surface area contributed by atoms with E-state index in [0.29, 0.717) is 11.2 Å².